The molecule has 1 aromatic heterocycles. The highest BCUT2D eigenvalue weighted by Crippen LogP contribution is 2.24. The van der Waals surface area contributed by atoms with Gasteiger partial charge in [0.25, 0.3) is 5.91 Å². The lowest BCUT2D eigenvalue weighted by Crippen LogP contribution is -2.12. The number of nitrogens with one attached hydrogen (secondary N) is 1. The monoisotopic (exact) mass is 299 g/mol. The van der Waals surface area contributed by atoms with E-state index in [0.717, 1.165) is 29.5 Å². The number of carboxylic acid groups (broad SMARTS) is 1. The van der Waals surface area contributed by atoms with Crippen molar-refractivity contribution in [1.82, 2.24) is 0 Å². The highest BCUT2D eigenvalue weighted by atomic mass is 35.5. The van der Waals surface area contributed by atoms with Gasteiger partial charge in [-0.2, -0.15) is 0 Å². The second-order valence-electron chi connectivity index (χ2n) is 3.55. The molecule has 2 rings (SSSR count). The second-order valence-corrected chi connectivity index (χ2v) is 4.87. The molecular formula is C12H7ClFNO3S. The summed E-state index contributed by atoms with van der Waals surface area (Å²) in [4.78, 5) is 22.8. The van der Waals surface area contributed by atoms with E-state index in [9.17, 15) is 14.0 Å². The molecule has 0 saturated heterocycles. The van der Waals surface area contributed by atoms with Gasteiger partial charge in [-0.25, -0.2) is 9.18 Å². The molecule has 1 aromatic carbocycles. The molecule has 0 atom stereocenters. The molecule has 0 spiro atoms. The summed E-state index contributed by atoms with van der Waals surface area (Å²) in [7, 11) is 0. The average molecular weight is 300 g/mol. The maximum absolute atomic E-state index is 13.5. The summed E-state index contributed by atoms with van der Waals surface area (Å²) in [6.07, 6.45) is 0. The Morgan fingerprint density at radius 1 is 1.32 bits per heavy atom. The molecule has 98 valence electrons. The predicted molar refractivity (Wildman–Crippen MR) is 70.6 cm³/mol. The zero-order valence-corrected chi connectivity index (χ0v) is 10.9. The third-order valence-corrected chi connectivity index (χ3v) is 3.63. The standard InChI is InChI=1S/C12H7ClFNO3S/c13-7-3-4-19-10(7)11(16)15-9-5-6(12(17)18)1-2-8(9)14/h1-5H,(H,15,16)(H,17,18). The van der Waals surface area contributed by atoms with Crippen LogP contribution in [0.2, 0.25) is 5.02 Å². The number of carbonyl (C=O) groups excluding carboxylic acids is 1. The fourth-order valence-electron chi connectivity index (χ4n) is 1.39. The number of benzene rings is 1. The van der Waals surface area contributed by atoms with E-state index in [-0.39, 0.29) is 21.2 Å². The summed E-state index contributed by atoms with van der Waals surface area (Å²) >= 11 is 6.89. The SMILES string of the molecule is O=C(O)c1ccc(F)c(NC(=O)c2sccc2Cl)c1. The van der Waals surface area contributed by atoms with Crippen LogP contribution in [0.3, 0.4) is 0 Å². The largest absolute Gasteiger partial charge is 0.478 e. The normalized spacial score (nSPS) is 10.2. The quantitative estimate of drug-likeness (QED) is 0.911. The molecule has 1 amide bonds. The van der Waals surface area contributed by atoms with Crippen LogP contribution in [0.5, 0.6) is 0 Å². The fraction of sp³-hybridized carbons (Fsp3) is 0. The maximum Gasteiger partial charge on any atom is 0.335 e. The third kappa shape index (κ3) is 2.91. The summed E-state index contributed by atoms with van der Waals surface area (Å²) in [6, 6.07) is 4.70. The lowest BCUT2D eigenvalue weighted by Gasteiger charge is -2.06. The maximum atomic E-state index is 13.5. The molecule has 0 aliphatic carbocycles. The molecular weight excluding hydrogens is 293 g/mol. The number of thiophene rings is 1. The van der Waals surface area contributed by atoms with Crippen LogP contribution in [0.15, 0.2) is 29.6 Å². The first kappa shape index (κ1) is 13.5. The van der Waals surface area contributed by atoms with Crippen LogP contribution in [-0.4, -0.2) is 17.0 Å². The fourth-order valence-corrected chi connectivity index (χ4v) is 2.42. The van der Waals surface area contributed by atoms with Crippen LogP contribution in [0, 0.1) is 5.82 Å². The summed E-state index contributed by atoms with van der Waals surface area (Å²) in [5, 5.41) is 13.0. The van der Waals surface area contributed by atoms with Crippen molar-refractivity contribution in [2.24, 2.45) is 0 Å². The van der Waals surface area contributed by atoms with Gasteiger partial charge in [-0.05, 0) is 29.6 Å². The third-order valence-electron chi connectivity index (χ3n) is 2.28. The van der Waals surface area contributed by atoms with E-state index in [1.165, 1.54) is 0 Å². The van der Waals surface area contributed by atoms with Crippen LogP contribution >= 0.6 is 22.9 Å². The topological polar surface area (TPSA) is 66.4 Å². The number of anilines is 1. The van der Waals surface area contributed by atoms with E-state index in [4.69, 9.17) is 16.7 Å². The Morgan fingerprint density at radius 3 is 2.63 bits per heavy atom. The number of carbonyl (C=O) groups is 2. The molecule has 1 heterocycles. The summed E-state index contributed by atoms with van der Waals surface area (Å²) in [5.74, 6) is -2.50. The van der Waals surface area contributed by atoms with Gasteiger partial charge in [-0.1, -0.05) is 11.6 Å². The number of hydrogen-bond donors (Lipinski definition) is 2. The number of halogens is 2. The van der Waals surface area contributed by atoms with Crippen molar-refractivity contribution in [2.75, 3.05) is 5.32 Å². The van der Waals surface area contributed by atoms with E-state index in [1.807, 2.05) is 0 Å². The van der Waals surface area contributed by atoms with Gasteiger partial charge in [0.05, 0.1) is 16.3 Å². The number of rotatable bonds is 3. The van der Waals surface area contributed by atoms with Crippen molar-refractivity contribution < 1.29 is 19.1 Å². The molecule has 0 unspecified atom stereocenters. The molecule has 7 heteroatoms. The molecule has 19 heavy (non-hydrogen) atoms. The smallest absolute Gasteiger partial charge is 0.335 e. The minimum absolute atomic E-state index is 0.117. The molecule has 0 saturated carbocycles. The van der Waals surface area contributed by atoms with E-state index in [1.54, 1.807) is 11.4 Å². The molecule has 2 aromatic rings. The Labute approximate surface area is 116 Å². The van der Waals surface area contributed by atoms with Crippen molar-refractivity contribution in [3.63, 3.8) is 0 Å². The Morgan fingerprint density at radius 2 is 2.05 bits per heavy atom. The zero-order valence-electron chi connectivity index (χ0n) is 9.31. The number of hydrogen-bond acceptors (Lipinski definition) is 3. The average Bonchev–Trinajstić information content (AvgIpc) is 2.78. The highest BCUT2D eigenvalue weighted by molar-refractivity contribution is 7.12. The summed E-state index contributed by atoms with van der Waals surface area (Å²) in [5.41, 5.74) is -0.316. The van der Waals surface area contributed by atoms with Crippen LogP contribution in [0.25, 0.3) is 0 Å². The Kier molecular flexibility index (Phi) is 3.82. The van der Waals surface area contributed by atoms with E-state index >= 15 is 0 Å². The van der Waals surface area contributed by atoms with E-state index in [0.29, 0.717) is 0 Å². The Balaban J connectivity index is 2.28. The first-order chi connectivity index (χ1) is 8.99. The van der Waals surface area contributed by atoms with Crippen LogP contribution in [0.4, 0.5) is 10.1 Å². The molecule has 0 aliphatic rings. The summed E-state index contributed by atoms with van der Waals surface area (Å²) < 4.78 is 13.5. The van der Waals surface area contributed by atoms with Gasteiger partial charge >= 0.3 is 5.97 Å². The molecule has 0 bridgehead atoms. The zero-order chi connectivity index (χ0) is 14.0. The minimum atomic E-state index is -1.20. The van der Waals surface area contributed by atoms with Gasteiger partial charge < -0.3 is 10.4 Å². The molecule has 0 radical (unpaired) electrons. The van der Waals surface area contributed by atoms with Crippen LogP contribution in [-0.2, 0) is 0 Å². The van der Waals surface area contributed by atoms with Gasteiger partial charge in [0.2, 0.25) is 0 Å². The lowest BCUT2D eigenvalue weighted by molar-refractivity contribution is 0.0696. The van der Waals surface area contributed by atoms with Gasteiger partial charge in [-0.15, -0.1) is 11.3 Å². The van der Waals surface area contributed by atoms with E-state index in [2.05, 4.69) is 5.32 Å². The van der Waals surface area contributed by atoms with Crippen molar-refractivity contribution >= 4 is 40.5 Å². The van der Waals surface area contributed by atoms with E-state index < -0.39 is 17.7 Å². The summed E-state index contributed by atoms with van der Waals surface area (Å²) in [6.45, 7) is 0. The number of aromatic carboxylic acids is 1. The first-order valence-electron chi connectivity index (χ1n) is 5.06. The Bertz CT molecular complexity index is 656. The minimum Gasteiger partial charge on any atom is -0.478 e. The second kappa shape index (κ2) is 5.38. The highest BCUT2D eigenvalue weighted by Gasteiger charge is 2.15. The first-order valence-corrected chi connectivity index (χ1v) is 6.32. The van der Waals surface area contributed by atoms with Gasteiger partial charge in [-0.3, -0.25) is 4.79 Å². The van der Waals surface area contributed by atoms with Crippen molar-refractivity contribution in [1.29, 1.82) is 0 Å². The lowest BCUT2D eigenvalue weighted by atomic mass is 10.2. The van der Waals surface area contributed by atoms with Gasteiger partial charge in [0.15, 0.2) is 0 Å². The van der Waals surface area contributed by atoms with Crippen molar-refractivity contribution in [3.8, 4) is 0 Å². The number of amides is 1. The van der Waals surface area contributed by atoms with Crippen molar-refractivity contribution in [3.05, 3.63) is 50.9 Å². The van der Waals surface area contributed by atoms with Crippen LogP contribution in [0.1, 0.15) is 20.0 Å². The molecule has 0 fully saturated rings. The number of carboxylic acids is 1. The predicted octanol–water partition coefficient (Wildman–Crippen LogP) is 3.49. The van der Waals surface area contributed by atoms with Crippen molar-refractivity contribution in [2.45, 2.75) is 0 Å². The van der Waals surface area contributed by atoms with Crippen LogP contribution < -0.4 is 5.32 Å². The van der Waals surface area contributed by atoms with Gasteiger partial charge in [0.1, 0.15) is 10.7 Å². The molecule has 2 N–H and O–H groups in total. The Hall–Kier alpha value is -1.92. The molecule has 0 aliphatic heterocycles. The molecule has 4 nitrogen and oxygen atoms in total. The van der Waals surface area contributed by atoms with Gasteiger partial charge in [0, 0.05) is 0 Å².